The highest BCUT2D eigenvalue weighted by Crippen LogP contribution is 2.31. The Labute approximate surface area is 129 Å². The molecule has 0 aromatic carbocycles. The zero-order valence-electron chi connectivity index (χ0n) is 12.4. The van der Waals surface area contributed by atoms with Gasteiger partial charge in [-0.3, -0.25) is 4.79 Å². The number of nitrogen functional groups attached to an aromatic ring is 1. The Morgan fingerprint density at radius 1 is 1.43 bits per heavy atom. The van der Waals surface area contributed by atoms with Crippen LogP contribution in [-0.4, -0.2) is 47.5 Å². The van der Waals surface area contributed by atoms with Gasteiger partial charge in [0.2, 0.25) is 0 Å². The molecule has 6 nitrogen and oxygen atoms in total. The van der Waals surface area contributed by atoms with Crippen molar-refractivity contribution in [3.05, 3.63) is 4.88 Å². The Hall–Kier alpha value is -1.34. The maximum Gasteiger partial charge on any atom is 0.268 e. The molecule has 0 bridgehead atoms. The van der Waals surface area contributed by atoms with Crippen molar-refractivity contribution in [1.82, 2.24) is 15.2 Å². The predicted molar refractivity (Wildman–Crippen MR) is 85.8 cm³/mol. The van der Waals surface area contributed by atoms with Crippen LogP contribution in [0.15, 0.2) is 0 Å². The molecule has 21 heavy (non-hydrogen) atoms. The largest absolute Gasteiger partial charge is 0.382 e. The topological polar surface area (TPSA) is 83.3 Å². The number of nitrogens with zero attached hydrogens (tertiary/aromatic N) is 2. The minimum absolute atomic E-state index is 0.0308. The first-order chi connectivity index (χ1) is 10.2. The van der Waals surface area contributed by atoms with Crippen LogP contribution in [0.4, 0.5) is 10.9 Å². The van der Waals surface area contributed by atoms with Gasteiger partial charge in [-0.1, -0.05) is 11.3 Å². The van der Waals surface area contributed by atoms with Gasteiger partial charge in [0, 0.05) is 18.6 Å². The number of carbonyl (C=O) groups excluding carboxylic acids is 1. The number of amides is 1. The maximum atomic E-state index is 12.8. The summed E-state index contributed by atoms with van der Waals surface area (Å²) in [6.07, 6.45) is 4.37. The molecule has 1 aromatic rings. The van der Waals surface area contributed by atoms with E-state index in [0.29, 0.717) is 29.3 Å². The van der Waals surface area contributed by atoms with Crippen LogP contribution < -0.4 is 16.4 Å². The number of rotatable bonds is 5. The summed E-state index contributed by atoms with van der Waals surface area (Å²) in [5, 5.41) is 7.43. The highest BCUT2D eigenvalue weighted by Gasteiger charge is 2.29. The van der Waals surface area contributed by atoms with Gasteiger partial charge >= 0.3 is 0 Å². The molecule has 2 fully saturated rings. The van der Waals surface area contributed by atoms with Gasteiger partial charge in [-0.25, -0.2) is 4.98 Å². The minimum atomic E-state index is 0.0308. The molecule has 116 valence electrons. The van der Waals surface area contributed by atoms with Gasteiger partial charge in [-0.05, 0) is 45.7 Å². The summed E-state index contributed by atoms with van der Waals surface area (Å²) in [5.74, 6) is 0.392. The van der Waals surface area contributed by atoms with E-state index in [1.807, 2.05) is 11.8 Å². The highest BCUT2D eigenvalue weighted by molar-refractivity contribution is 7.18. The molecule has 1 aromatic heterocycles. The predicted octanol–water partition coefficient (Wildman–Crippen LogP) is 1.51. The average Bonchev–Trinajstić information content (AvgIpc) is 3.22. The van der Waals surface area contributed by atoms with Gasteiger partial charge in [0.15, 0.2) is 5.13 Å². The molecular formula is C14H23N5OS. The minimum Gasteiger partial charge on any atom is -0.382 e. The summed E-state index contributed by atoms with van der Waals surface area (Å²) in [6, 6.07) is 0.829. The molecule has 0 radical (unpaired) electrons. The Balaban J connectivity index is 1.73. The lowest BCUT2D eigenvalue weighted by Gasteiger charge is -2.33. The number of piperidine rings is 1. The fourth-order valence-electron chi connectivity index (χ4n) is 2.77. The maximum absolute atomic E-state index is 12.8. The van der Waals surface area contributed by atoms with E-state index < -0.39 is 0 Å². The second-order valence-corrected chi connectivity index (χ2v) is 6.72. The third-order valence-corrected chi connectivity index (χ3v) is 5.09. The lowest BCUT2D eigenvalue weighted by atomic mass is 10.0. The first-order valence-corrected chi connectivity index (χ1v) is 8.55. The fourth-order valence-corrected chi connectivity index (χ4v) is 3.68. The lowest BCUT2D eigenvalue weighted by Crippen LogP contribution is -2.46. The van der Waals surface area contributed by atoms with Gasteiger partial charge < -0.3 is 21.3 Å². The van der Waals surface area contributed by atoms with Crippen LogP contribution in [0.25, 0.3) is 0 Å². The number of hydrogen-bond acceptors (Lipinski definition) is 6. The molecule has 2 aliphatic rings. The Morgan fingerprint density at radius 3 is 2.76 bits per heavy atom. The molecule has 3 rings (SSSR count). The van der Waals surface area contributed by atoms with Crippen LogP contribution in [0.5, 0.6) is 0 Å². The molecule has 1 saturated heterocycles. The second-order valence-electron chi connectivity index (χ2n) is 5.72. The summed E-state index contributed by atoms with van der Waals surface area (Å²) in [7, 11) is 0. The van der Waals surface area contributed by atoms with Crippen molar-refractivity contribution in [2.24, 2.45) is 0 Å². The third kappa shape index (κ3) is 3.29. The van der Waals surface area contributed by atoms with Crippen LogP contribution in [0.3, 0.4) is 0 Å². The smallest absolute Gasteiger partial charge is 0.268 e. The first-order valence-electron chi connectivity index (χ1n) is 7.73. The van der Waals surface area contributed by atoms with Crippen LogP contribution in [-0.2, 0) is 0 Å². The van der Waals surface area contributed by atoms with Crippen LogP contribution in [0.2, 0.25) is 0 Å². The summed E-state index contributed by atoms with van der Waals surface area (Å²) in [6.45, 7) is 4.69. The summed E-state index contributed by atoms with van der Waals surface area (Å²) >= 11 is 1.39. The molecule has 7 heteroatoms. The Morgan fingerprint density at radius 2 is 2.14 bits per heavy atom. The van der Waals surface area contributed by atoms with E-state index >= 15 is 0 Å². The SMILES string of the molecule is CCN(C(=O)c1sc(NC2CC2)nc1N)C1CCNCC1. The molecular weight excluding hydrogens is 286 g/mol. The molecule has 0 unspecified atom stereocenters. The van der Waals surface area contributed by atoms with Gasteiger partial charge in [-0.2, -0.15) is 0 Å². The van der Waals surface area contributed by atoms with E-state index in [4.69, 9.17) is 5.73 Å². The molecule has 0 atom stereocenters. The van der Waals surface area contributed by atoms with Crippen molar-refractivity contribution >= 4 is 28.2 Å². The number of thiazole rings is 1. The van der Waals surface area contributed by atoms with Gasteiger partial charge in [0.1, 0.15) is 10.7 Å². The Bertz CT molecular complexity index is 507. The van der Waals surface area contributed by atoms with Crippen molar-refractivity contribution in [3.63, 3.8) is 0 Å². The van der Waals surface area contributed by atoms with Crippen molar-refractivity contribution in [3.8, 4) is 0 Å². The van der Waals surface area contributed by atoms with E-state index in [2.05, 4.69) is 15.6 Å². The zero-order valence-corrected chi connectivity index (χ0v) is 13.2. The van der Waals surface area contributed by atoms with E-state index in [1.54, 1.807) is 0 Å². The summed E-state index contributed by atoms with van der Waals surface area (Å²) < 4.78 is 0. The first kappa shape index (κ1) is 14.6. The van der Waals surface area contributed by atoms with Crippen molar-refractivity contribution in [2.45, 2.75) is 44.7 Å². The number of anilines is 2. The molecule has 1 saturated carbocycles. The number of nitrogens with two attached hydrogens (primary N) is 1. The van der Waals surface area contributed by atoms with E-state index in [1.165, 1.54) is 24.2 Å². The second kappa shape index (κ2) is 6.19. The molecule has 4 N–H and O–H groups in total. The summed E-state index contributed by atoms with van der Waals surface area (Å²) in [5.41, 5.74) is 5.96. The van der Waals surface area contributed by atoms with Crippen molar-refractivity contribution < 1.29 is 4.79 Å². The number of hydrogen-bond donors (Lipinski definition) is 3. The lowest BCUT2D eigenvalue weighted by molar-refractivity contribution is 0.0662. The normalized spacial score (nSPS) is 19.5. The van der Waals surface area contributed by atoms with E-state index in [0.717, 1.165) is 31.1 Å². The number of carbonyl (C=O) groups is 1. The summed E-state index contributed by atoms with van der Waals surface area (Å²) in [4.78, 5) is 19.6. The third-order valence-electron chi connectivity index (χ3n) is 4.10. The van der Waals surface area contributed by atoms with Crippen molar-refractivity contribution in [1.29, 1.82) is 0 Å². The molecule has 2 heterocycles. The quantitative estimate of drug-likeness (QED) is 0.768. The van der Waals surface area contributed by atoms with E-state index in [9.17, 15) is 4.79 Å². The van der Waals surface area contributed by atoms with E-state index in [-0.39, 0.29) is 5.91 Å². The van der Waals surface area contributed by atoms with Crippen LogP contribution >= 0.6 is 11.3 Å². The Kier molecular flexibility index (Phi) is 4.30. The molecule has 1 amide bonds. The fraction of sp³-hybridized carbons (Fsp3) is 0.714. The molecule has 1 aliphatic heterocycles. The zero-order chi connectivity index (χ0) is 14.8. The van der Waals surface area contributed by atoms with Gasteiger partial charge in [0.25, 0.3) is 5.91 Å². The van der Waals surface area contributed by atoms with Crippen LogP contribution in [0, 0.1) is 0 Å². The highest BCUT2D eigenvalue weighted by atomic mass is 32.1. The van der Waals surface area contributed by atoms with Gasteiger partial charge in [-0.15, -0.1) is 0 Å². The number of aromatic nitrogens is 1. The van der Waals surface area contributed by atoms with Gasteiger partial charge in [0.05, 0.1) is 0 Å². The monoisotopic (exact) mass is 309 g/mol. The molecule has 0 spiro atoms. The van der Waals surface area contributed by atoms with Crippen molar-refractivity contribution in [2.75, 3.05) is 30.7 Å². The average molecular weight is 309 g/mol. The molecule has 1 aliphatic carbocycles. The standard InChI is InChI=1S/C14H23N5OS/c1-2-19(10-5-7-16-8-6-10)13(20)11-12(15)18-14(21-11)17-9-3-4-9/h9-10,16H,2-8,15H2,1H3,(H,17,18). The van der Waals surface area contributed by atoms with Crippen LogP contribution in [0.1, 0.15) is 42.3 Å². The number of nitrogens with one attached hydrogen (secondary N) is 2.